The van der Waals surface area contributed by atoms with E-state index in [-0.39, 0.29) is 5.91 Å². The van der Waals surface area contributed by atoms with Crippen LogP contribution in [-0.2, 0) is 4.79 Å². The number of hydrogen-bond donors (Lipinski definition) is 0. The Morgan fingerprint density at radius 3 is 3.07 bits per heavy atom. The molecule has 0 aliphatic carbocycles. The first-order chi connectivity index (χ1) is 13.7. The zero-order chi connectivity index (χ0) is 19.1. The van der Waals surface area contributed by atoms with Gasteiger partial charge in [0.15, 0.2) is 0 Å². The number of rotatable bonds is 3. The van der Waals surface area contributed by atoms with Crippen molar-refractivity contribution in [2.45, 2.75) is 37.3 Å². The fourth-order valence-corrected chi connectivity index (χ4v) is 5.95. The lowest BCUT2D eigenvalue weighted by molar-refractivity contribution is -0.131. The maximum Gasteiger partial charge on any atom is 0.233 e. The van der Waals surface area contributed by atoms with Crippen molar-refractivity contribution in [3.63, 3.8) is 0 Å². The third kappa shape index (κ3) is 3.12. The van der Waals surface area contributed by atoms with Gasteiger partial charge in [-0.15, -0.1) is 11.3 Å². The molecule has 0 radical (unpaired) electrons. The molecule has 0 bridgehead atoms. The lowest BCUT2D eigenvalue weighted by Gasteiger charge is -2.33. The monoisotopic (exact) mass is 408 g/mol. The Balaban J connectivity index is 1.47. The van der Waals surface area contributed by atoms with Crippen LogP contribution in [0.1, 0.15) is 26.2 Å². The fourth-order valence-electron chi connectivity index (χ4n) is 3.87. The second-order valence-electron chi connectivity index (χ2n) is 7.21. The molecular weight excluding hydrogens is 388 g/mol. The van der Waals surface area contributed by atoms with Crippen molar-refractivity contribution in [1.82, 2.24) is 19.9 Å². The number of amides is 1. The van der Waals surface area contributed by atoms with E-state index in [1.54, 1.807) is 17.7 Å². The highest BCUT2D eigenvalue weighted by Gasteiger charge is 2.23. The zero-order valence-corrected chi connectivity index (χ0v) is 17.2. The minimum atomic E-state index is 0.203. The highest BCUT2D eigenvalue weighted by atomic mass is 32.2. The van der Waals surface area contributed by atoms with Crippen LogP contribution in [0.2, 0.25) is 0 Å². The van der Waals surface area contributed by atoms with Crippen LogP contribution in [0.4, 0.5) is 0 Å². The molecule has 0 unspecified atom stereocenters. The van der Waals surface area contributed by atoms with Crippen LogP contribution in [0.25, 0.3) is 31.3 Å². The van der Waals surface area contributed by atoms with E-state index in [1.165, 1.54) is 18.2 Å². The van der Waals surface area contributed by atoms with E-state index in [1.807, 2.05) is 23.1 Å². The highest BCUT2D eigenvalue weighted by molar-refractivity contribution is 8.00. The second-order valence-corrected chi connectivity index (χ2v) is 9.18. The normalized spacial score (nSPS) is 17.6. The van der Waals surface area contributed by atoms with Gasteiger partial charge in [0.1, 0.15) is 16.2 Å². The van der Waals surface area contributed by atoms with Crippen LogP contribution in [0.15, 0.2) is 41.7 Å². The van der Waals surface area contributed by atoms with Crippen LogP contribution in [0.5, 0.6) is 0 Å². The molecule has 7 heteroatoms. The van der Waals surface area contributed by atoms with E-state index in [0.29, 0.717) is 11.8 Å². The smallest absolute Gasteiger partial charge is 0.233 e. The molecule has 1 fully saturated rings. The van der Waals surface area contributed by atoms with E-state index < -0.39 is 0 Å². The average Bonchev–Trinajstić information content (AvgIpc) is 3.08. The first-order valence-corrected chi connectivity index (χ1v) is 11.4. The van der Waals surface area contributed by atoms with Gasteiger partial charge in [0, 0.05) is 23.4 Å². The SMILES string of the molecule is C[C@H]1CCCCN1C(=O)CSc1ncnc2c1sc1nc3ccccc3cc12. The van der Waals surface area contributed by atoms with E-state index >= 15 is 0 Å². The maximum absolute atomic E-state index is 12.7. The van der Waals surface area contributed by atoms with Gasteiger partial charge in [0.25, 0.3) is 0 Å². The van der Waals surface area contributed by atoms with E-state index in [0.717, 1.165) is 55.7 Å². The summed E-state index contributed by atoms with van der Waals surface area (Å²) in [5.74, 6) is 0.619. The van der Waals surface area contributed by atoms with E-state index in [4.69, 9.17) is 4.98 Å². The molecule has 28 heavy (non-hydrogen) atoms. The van der Waals surface area contributed by atoms with Gasteiger partial charge < -0.3 is 4.90 Å². The van der Waals surface area contributed by atoms with Crippen molar-refractivity contribution in [2.24, 2.45) is 0 Å². The third-order valence-corrected chi connectivity index (χ3v) is 7.57. The summed E-state index contributed by atoms with van der Waals surface area (Å²) >= 11 is 3.12. The minimum absolute atomic E-state index is 0.203. The number of carbonyl (C=O) groups excluding carboxylic acids is 1. The molecule has 1 aromatic carbocycles. The molecule has 0 saturated carbocycles. The van der Waals surface area contributed by atoms with Crippen molar-refractivity contribution < 1.29 is 4.79 Å². The molecule has 1 amide bonds. The number of benzene rings is 1. The molecule has 1 atom stereocenters. The number of piperidine rings is 1. The third-order valence-electron chi connectivity index (χ3n) is 5.37. The largest absolute Gasteiger partial charge is 0.339 e. The molecule has 1 aliphatic heterocycles. The number of likely N-dealkylation sites (tertiary alicyclic amines) is 1. The second kappa shape index (κ2) is 7.29. The summed E-state index contributed by atoms with van der Waals surface area (Å²) in [4.78, 5) is 29.5. The Morgan fingerprint density at radius 2 is 2.18 bits per heavy atom. The van der Waals surface area contributed by atoms with E-state index in [2.05, 4.69) is 29.0 Å². The van der Waals surface area contributed by atoms with Crippen molar-refractivity contribution in [3.8, 4) is 0 Å². The molecule has 5 rings (SSSR count). The number of pyridine rings is 1. The standard InChI is InChI=1S/C21H20N4OS2/c1-13-6-4-5-9-25(13)17(26)11-27-21-19-18(22-12-23-21)15-10-14-7-2-3-8-16(14)24-20(15)28-19/h2-3,7-8,10,12-13H,4-6,9,11H2,1H3/t13-/m0/s1. The summed E-state index contributed by atoms with van der Waals surface area (Å²) < 4.78 is 1.02. The lowest BCUT2D eigenvalue weighted by atomic mass is 10.0. The summed E-state index contributed by atoms with van der Waals surface area (Å²) in [6.45, 7) is 3.02. The number of para-hydroxylation sites is 1. The van der Waals surface area contributed by atoms with Gasteiger partial charge in [0.2, 0.25) is 5.91 Å². The van der Waals surface area contributed by atoms with Crippen molar-refractivity contribution in [2.75, 3.05) is 12.3 Å². The van der Waals surface area contributed by atoms with Gasteiger partial charge in [-0.2, -0.15) is 0 Å². The van der Waals surface area contributed by atoms with Crippen LogP contribution in [0, 0.1) is 0 Å². The van der Waals surface area contributed by atoms with Crippen molar-refractivity contribution >= 4 is 60.3 Å². The fraction of sp³-hybridized carbons (Fsp3) is 0.333. The summed E-state index contributed by atoms with van der Waals surface area (Å²) in [5.41, 5.74) is 1.91. The van der Waals surface area contributed by atoms with Gasteiger partial charge in [-0.05, 0) is 38.3 Å². The molecule has 1 saturated heterocycles. The molecule has 0 spiro atoms. The first kappa shape index (κ1) is 17.8. The zero-order valence-electron chi connectivity index (χ0n) is 15.6. The van der Waals surface area contributed by atoms with Gasteiger partial charge in [-0.3, -0.25) is 4.79 Å². The molecule has 1 aliphatic rings. The predicted molar refractivity (Wildman–Crippen MR) is 116 cm³/mol. The Kier molecular flexibility index (Phi) is 4.64. The molecule has 3 aromatic heterocycles. The number of nitrogens with zero attached hydrogens (tertiary/aromatic N) is 4. The van der Waals surface area contributed by atoms with Gasteiger partial charge >= 0.3 is 0 Å². The number of fused-ring (bicyclic) bond motifs is 4. The predicted octanol–water partition coefficient (Wildman–Crippen LogP) is 4.89. The van der Waals surface area contributed by atoms with Crippen molar-refractivity contribution in [3.05, 3.63) is 36.7 Å². The minimum Gasteiger partial charge on any atom is -0.339 e. The number of thiophene rings is 1. The van der Waals surface area contributed by atoms with Crippen LogP contribution in [-0.4, -0.2) is 44.1 Å². The molecule has 4 aromatic rings. The number of aromatic nitrogens is 3. The van der Waals surface area contributed by atoms with Crippen LogP contribution < -0.4 is 0 Å². The Morgan fingerprint density at radius 1 is 1.29 bits per heavy atom. The molecule has 142 valence electrons. The Hall–Kier alpha value is -2.25. The summed E-state index contributed by atoms with van der Waals surface area (Å²) in [7, 11) is 0. The van der Waals surface area contributed by atoms with Gasteiger partial charge in [-0.1, -0.05) is 30.0 Å². The van der Waals surface area contributed by atoms with Crippen LogP contribution in [0.3, 0.4) is 0 Å². The number of carbonyl (C=O) groups is 1. The molecular formula is C21H20N4OS2. The highest BCUT2D eigenvalue weighted by Crippen LogP contribution is 2.37. The molecule has 5 nitrogen and oxygen atoms in total. The van der Waals surface area contributed by atoms with Gasteiger partial charge in [0.05, 0.1) is 21.5 Å². The summed E-state index contributed by atoms with van der Waals surface area (Å²) in [5, 5.41) is 3.03. The maximum atomic E-state index is 12.7. The van der Waals surface area contributed by atoms with Crippen molar-refractivity contribution in [1.29, 1.82) is 0 Å². The Bertz CT molecular complexity index is 1190. The number of hydrogen-bond acceptors (Lipinski definition) is 6. The first-order valence-electron chi connectivity index (χ1n) is 9.56. The number of thioether (sulfide) groups is 1. The van der Waals surface area contributed by atoms with E-state index in [9.17, 15) is 4.79 Å². The average molecular weight is 409 g/mol. The Labute approximate surface area is 171 Å². The topological polar surface area (TPSA) is 59.0 Å². The summed E-state index contributed by atoms with van der Waals surface area (Å²) in [6, 6.07) is 10.6. The quantitative estimate of drug-likeness (QED) is 0.357. The lowest BCUT2D eigenvalue weighted by Crippen LogP contribution is -2.42. The summed E-state index contributed by atoms with van der Waals surface area (Å²) in [6.07, 6.45) is 5.02. The molecule has 0 N–H and O–H groups in total. The van der Waals surface area contributed by atoms with Gasteiger partial charge in [-0.25, -0.2) is 15.0 Å². The molecule has 4 heterocycles. The van der Waals surface area contributed by atoms with Crippen LogP contribution >= 0.6 is 23.1 Å².